The average molecular weight is 1050 g/mol. The van der Waals surface area contributed by atoms with Crippen LogP contribution in [-0.2, 0) is 54.4 Å². The number of hydrogen-bond donors (Lipinski definition) is 16. The van der Waals surface area contributed by atoms with Crippen LogP contribution in [0, 0.1) is 17.8 Å². The molecule has 0 radical (unpaired) electrons. The second-order valence-electron chi connectivity index (χ2n) is 19.2. The van der Waals surface area contributed by atoms with Crippen LogP contribution < -0.4 is 59.7 Å². The quantitative estimate of drug-likeness (QED) is 0.0242. The van der Waals surface area contributed by atoms with Crippen molar-refractivity contribution >= 4 is 71.8 Å². The highest BCUT2D eigenvalue weighted by atomic mass is 32.1. The van der Waals surface area contributed by atoms with Gasteiger partial charge in [0.2, 0.25) is 53.2 Å². The summed E-state index contributed by atoms with van der Waals surface area (Å²) in [4.78, 5) is 133. The fourth-order valence-corrected chi connectivity index (χ4v) is 7.42. The number of unbranched alkanes of at least 4 members (excludes halogenated alkanes) is 1. The zero-order valence-corrected chi connectivity index (χ0v) is 43.7. The van der Waals surface area contributed by atoms with E-state index in [1.807, 2.05) is 0 Å². The Morgan fingerprint density at radius 2 is 0.945 bits per heavy atom. The molecule has 0 heterocycles. The van der Waals surface area contributed by atoms with Crippen LogP contribution in [0.4, 0.5) is 0 Å². The Balaban J connectivity index is 3.45. The minimum Gasteiger partial charge on any atom is -0.508 e. The van der Waals surface area contributed by atoms with Gasteiger partial charge in [-0.1, -0.05) is 60.1 Å². The number of aromatic hydroxyl groups is 1. The number of thiol groups is 1. The molecule has 0 saturated carbocycles. The molecule has 18 N–H and O–H groups in total. The van der Waals surface area contributed by atoms with E-state index in [0.717, 1.165) is 13.8 Å². The molecule has 0 aliphatic rings. The summed E-state index contributed by atoms with van der Waals surface area (Å²) in [6.07, 6.45) is -2.92. The van der Waals surface area contributed by atoms with Gasteiger partial charge >= 0.3 is 5.97 Å². The van der Waals surface area contributed by atoms with Crippen molar-refractivity contribution in [1.82, 2.24) is 42.5 Å². The number of carboxylic acid groups (broad SMARTS) is 1. The molecule has 0 spiro atoms. The first-order valence-corrected chi connectivity index (χ1v) is 24.8. The second kappa shape index (κ2) is 32.2. The van der Waals surface area contributed by atoms with Crippen molar-refractivity contribution in [1.29, 1.82) is 0 Å². The van der Waals surface area contributed by atoms with E-state index in [1.54, 1.807) is 41.5 Å². The van der Waals surface area contributed by atoms with Crippen LogP contribution in [0.2, 0.25) is 0 Å². The number of rotatable bonds is 33. The van der Waals surface area contributed by atoms with Gasteiger partial charge in [-0.3, -0.25) is 43.2 Å². The molecule has 1 aromatic carbocycles. The van der Waals surface area contributed by atoms with Crippen LogP contribution in [0.5, 0.6) is 5.75 Å². The van der Waals surface area contributed by atoms with Crippen LogP contribution in [-0.4, -0.2) is 158 Å². The zero-order valence-electron chi connectivity index (χ0n) is 42.8. The summed E-state index contributed by atoms with van der Waals surface area (Å²) in [7, 11) is 0. The Morgan fingerprint density at radius 3 is 1.36 bits per heavy atom. The minimum atomic E-state index is -1.91. The summed E-state index contributed by atoms with van der Waals surface area (Å²) in [5.74, 6) is -11.5. The Hall–Kier alpha value is -6.09. The molecule has 412 valence electrons. The van der Waals surface area contributed by atoms with Gasteiger partial charge in [-0.2, -0.15) is 12.6 Å². The summed E-state index contributed by atoms with van der Waals surface area (Å²) < 4.78 is 0. The SMILES string of the molecule is CC(C)C[C@H](NC(=O)[C@H](CS)NC(=O)[C@H](Cc1ccc(O)cc1)NC(=O)[C@@H](NC(=O)[C@H](CC(N)=O)NC(=O)[C@@H](NC(=O)[C@H](CC(C)C)NC(=O)[C@@H](N)CCCCN)[C@@H](C)O)[C@@H](C)O)C(=O)N[C@H](C(=O)O)C(C)C. The Kier molecular flexibility index (Phi) is 28.6. The van der Waals surface area contributed by atoms with Gasteiger partial charge in [-0.25, -0.2) is 4.79 Å². The third-order valence-electron chi connectivity index (χ3n) is 11.2. The van der Waals surface area contributed by atoms with E-state index in [2.05, 4.69) is 55.2 Å². The van der Waals surface area contributed by atoms with E-state index in [4.69, 9.17) is 17.2 Å². The lowest BCUT2D eigenvalue weighted by Crippen LogP contribution is -2.63. The molecule has 0 fully saturated rings. The Morgan fingerprint density at radius 1 is 0.548 bits per heavy atom. The molecule has 0 unspecified atom stereocenters. The van der Waals surface area contributed by atoms with Gasteiger partial charge in [0.15, 0.2) is 0 Å². The average Bonchev–Trinajstić information content (AvgIpc) is 3.29. The van der Waals surface area contributed by atoms with E-state index in [0.29, 0.717) is 24.9 Å². The van der Waals surface area contributed by atoms with Gasteiger partial charge in [0.1, 0.15) is 54.1 Å². The number of carboxylic acids is 1. The highest BCUT2D eigenvalue weighted by Crippen LogP contribution is 2.14. The van der Waals surface area contributed by atoms with E-state index in [-0.39, 0.29) is 49.0 Å². The van der Waals surface area contributed by atoms with Crippen molar-refractivity contribution in [2.24, 2.45) is 35.0 Å². The van der Waals surface area contributed by atoms with E-state index in [1.165, 1.54) is 24.3 Å². The largest absolute Gasteiger partial charge is 0.508 e. The van der Waals surface area contributed by atoms with Gasteiger partial charge in [0, 0.05) is 12.2 Å². The normalized spacial score (nSPS) is 15.9. The van der Waals surface area contributed by atoms with Gasteiger partial charge in [0.25, 0.3) is 0 Å². The van der Waals surface area contributed by atoms with E-state index < -0.39 is 138 Å². The third-order valence-corrected chi connectivity index (χ3v) is 11.6. The number of aliphatic carboxylic acids is 1. The number of carbonyl (C=O) groups is 10. The summed E-state index contributed by atoms with van der Waals surface area (Å²) in [6.45, 7) is 12.9. The number of phenolic OH excluding ortho intramolecular Hbond substituents is 1. The van der Waals surface area contributed by atoms with Crippen molar-refractivity contribution < 1.29 is 68.4 Å². The fraction of sp³-hybridized carbons (Fsp3) is 0.660. The fourth-order valence-electron chi connectivity index (χ4n) is 7.16. The first kappa shape index (κ1) is 64.9. The Labute approximate surface area is 431 Å². The van der Waals surface area contributed by atoms with Crippen molar-refractivity contribution in [3.8, 4) is 5.75 Å². The maximum atomic E-state index is 14.0. The van der Waals surface area contributed by atoms with Crippen molar-refractivity contribution in [2.45, 2.75) is 167 Å². The van der Waals surface area contributed by atoms with Crippen LogP contribution in [0.15, 0.2) is 24.3 Å². The number of nitrogens with one attached hydrogen (secondary N) is 8. The lowest BCUT2D eigenvalue weighted by Gasteiger charge is -2.29. The van der Waals surface area contributed by atoms with Gasteiger partial charge < -0.3 is 80.2 Å². The van der Waals surface area contributed by atoms with Gasteiger partial charge in [0.05, 0.1) is 24.7 Å². The minimum absolute atomic E-state index is 0.0788. The van der Waals surface area contributed by atoms with Crippen molar-refractivity contribution in [3.05, 3.63) is 29.8 Å². The number of aliphatic hydroxyl groups is 2. The number of amides is 9. The molecule has 1 rings (SSSR count). The first-order chi connectivity index (χ1) is 34.0. The number of primary amides is 1. The number of nitrogens with two attached hydrogens (primary N) is 3. The molecule has 0 bridgehead atoms. The standard InChI is InChI=1S/C47H79N11O14S/c1-22(2)17-30(51-39(63)29(49)11-9-10-16-48)42(66)57-38(26(8)60)46(70)54-33(20-35(50)62)43(67)58-37(25(7)59)45(69)53-32(19-27-12-14-28(61)15-13-27)40(64)55-34(21-73)44(68)52-31(18-23(3)4)41(65)56-36(24(5)6)47(71)72/h12-15,22-26,29-34,36-38,59-61,73H,9-11,16-21,48-49H2,1-8H3,(H2,50,62)(H,51,63)(H,52,68)(H,53,69)(H,54,70)(H,55,64)(H,56,65)(H,57,66)(H,58,67)(H,71,72)/t25-,26-,29+,30+,31+,32+,33+,34+,36+,37+,38+/m1/s1. The maximum Gasteiger partial charge on any atom is 0.326 e. The highest BCUT2D eigenvalue weighted by molar-refractivity contribution is 7.80. The molecule has 0 aliphatic heterocycles. The van der Waals surface area contributed by atoms with E-state index >= 15 is 0 Å². The zero-order chi connectivity index (χ0) is 55.9. The summed E-state index contributed by atoms with van der Waals surface area (Å²) in [5, 5.41) is 60.2. The van der Waals surface area contributed by atoms with Crippen LogP contribution >= 0.6 is 12.6 Å². The molecule has 1 aromatic rings. The number of carbonyl (C=O) groups excluding carboxylic acids is 9. The molecular weight excluding hydrogens is 975 g/mol. The van der Waals surface area contributed by atoms with Gasteiger partial charge in [-0.05, 0) is 81.5 Å². The van der Waals surface area contributed by atoms with Crippen molar-refractivity contribution in [3.63, 3.8) is 0 Å². The third kappa shape index (κ3) is 23.6. The van der Waals surface area contributed by atoms with Crippen LogP contribution in [0.1, 0.15) is 99.5 Å². The number of phenols is 1. The molecule has 9 amide bonds. The summed E-state index contributed by atoms with van der Waals surface area (Å²) in [5.41, 5.74) is 17.3. The molecule has 0 aromatic heterocycles. The number of hydrogen-bond acceptors (Lipinski definition) is 16. The van der Waals surface area contributed by atoms with Crippen LogP contribution in [0.25, 0.3) is 0 Å². The maximum absolute atomic E-state index is 14.0. The molecule has 0 saturated heterocycles. The molecule has 0 aliphatic carbocycles. The monoisotopic (exact) mass is 1050 g/mol. The predicted octanol–water partition coefficient (Wildman–Crippen LogP) is -3.33. The predicted molar refractivity (Wildman–Crippen MR) is 271 cm³/mol. The topological polar surface area (TPSA) is 426 Å². The molecule has 73 heavy (non-hydrogen) atoms. The summed E-state index contributed by atoms with van der Waals surface area (Å²) in [6, 6.07) is -7.87. The smallest absolute Gasteiger partial charge is 0.326 e. The first-order valence-electron chi connectivity index (χ1n) is 24.2. The van der Waals surface area contributed by atoms with Crippen LogP contribution in [0.3, 0.4) is 0 Å². The molecule has 25 nitrogen and oxygen atoms in total. The number of benzene rings is 1. The number of aliphatic hydroxyl groups excluding tert-OH is 2. The molecule has 26 heteroatoms. The Bertz CT molecular complexity index is 2030. The molecule has 11 atom stereocenters. The molecular formula is C47H79N11O14S. The lowest BCUT2D eigenvalue weighted by atomic mass is 10.00. The summed E-state index contributed by atoms with van der Waals surface area (Å²) >= 11 is 4.22. The van der Waals surface area contributed by atoms with Gasteiger partial charge in [-0.15, -0.1) is 0 Å². The second-order valence-corrected chi connectivity index (χ2v) is 19.6. The lowest BCUT2D eigenvalue weighted by molar-refractivity contribution is -0.143. The van der Waals surface area contributed by atoms with E-state index in [9.17, 15) is 68.4 Å². The highest BCUT2D eigenvalue weighted by Gasteiger charge is 2.38. The van der Waals surface area contributed by atoms with Crippen molar-refractivity contribution in [2.75, 3.05) is 12.3 Å².